The van der Waals surface area contributed by atoms with Crippen LogP contribution in [-0.4, -0.2) is 20.8 Å². The van der Waals surface area contributed by atoms with Crippen molar-refractivity contribution in [3.63, 3.8) is 0 Å². The number of nitriles is 1. The molecule has 0 unspecified atom stereocenters. The van der Waals surface area contributed by atoms with Crippen LogP contribution in [0.3, 0.4) is 0 Å². The maximum Gasteiger partial charge on any atom is 0.146 e. The summed E-state index contributed by atoms with van der Waals surface area (Å²) < 4.78 is 10.5. The average molecular weight is 324 g/mol. The maximum atomic E-state index is 8.49. The van der Waals surface area contributed by atoms with E-state index in [1.807, 2.05) is 30.3 Å². The number of hydrogen-bond donors (Lipinski definition) is 1. The first-order valence-electron chi connectivity index (χ1n) is 7.57. The molecule has 24 heavy (non-hydrogen) atoms. The van der Waals surface area contributed by atoms with Gasteiger partial charge in [0.1, 0.15) is 17.2 Å². The first kappa shape index (κ1) is 17.4. The van der Waals surface area contributed by atoms with Gasteiger partial charge in [-0.1, -0.05) is 12.1 Å². The molecule has 2 aromatic rings. The normalized spacial score (nSPS) is 10.5. The molecule has 6 heteroatoms. The second-order valence-electron chi connectivity index (χ2n) is 4.99. The molecule has 0 amide bonds. The van der Waals surface area contributed by atoms with Crippen molar-refractivity contribution in [1.82, 2.24) is 5.32 Å². The van der Waals surface area contributed by atoms with Gasteiger partial charge in [0.2, 0.25) is 0 Å². The lowest BCUT2D eigenvalue weighted by molar-refractivity contribution is 0.404. The van der Waals surface area contributed by atoms with E-state index in [1.165, 1.54) is 0 Å². The van der Waals surface area contributed by atoms with E-state index < -0.39 is 0 Å². The third-order valence-electron chi connectivity index (χ3n) is 3.34. The second kappa shape index (κ2) is 9.28. The first-order valence-corrected chi connectivity index (χ1v) is 7.57. The molecule has 0 fully saturated rings. The Morgan fingerprint density at radius 1 is 1.04 bits per heavy atom. The van der Waals surface area contributed by atoms with E-state index in [0.717, 1.165) is 17.8 Å². The van der Waals surface area contributed by atoms with Crippen LogP contribution in [0, 0.1) is 11.3 Å². The number of methoxy groups -OCH3 is 2. The van der Waals surface area contributed by atoms with Gasteiger partial charge in [-0.25, -0.2) is 0 Å². The summed E-state index contributed by atoms with van der Waals surface area (Å²) in [5.41, 5.74) is 2.49. The van der Waals surface area contributed by atoms with Gasteiger partial charge < -0.3 is 14.8 Å². The van der Waals surface area contributed by atoms with E-state index in [4.69, 9.17) is 14.7 Å². The van der Waals surface area contributed by atoms with Gasteiger partial charge in [-0.05, 0) is 29.8 Å². The van der Waals surface area contributed by atoms with Crippen LogP contribution in [0.4, 0.5) is 11.4 Å². The van der Waals surface area contributed by atoms with Crippen LogP contribution in [-0.2, 0) is 6.54 Å². The van der Waals surface area contributed by atoms with Crippen LogP contribution in [0.5, 0.6) is 11.5 Å². The lowest BCUT2D eigenvalue weighted by atomic mass is 10.2. The fourth-order valence-corrected chi connectivity index (χ4v) is 2.04. The minimum absolute atomic E-state index is 0.509. The molecular formula is C18H20N4O2. The molecule has 0 aliphatic heterocycles. The zero-order chi connectivity index (χ0) is 17.2. The molecule has 0 atom stereocenters. The highest BCUT2D eigenvalue weighted by molar-refractivity contribution is 5.55. The van der Waals surface area contributed by atoms with Crippen LogP contribution >= 0.6 is 0 Å². The molecule has 0 radical (unpaired) electrons. The number of hydrogen-bond acceptors (Lipinski definition) is 6. The topological polar surface area (TPSA) is 79.0 Å². The Hall–Kier alpha value is -2.91. The van der Waals surface area contributed by atoms with E-state index in [1.54, 1.807) is 26.4 Å². The molecule has 0 saturated carbocycles. The highest BCUT2D eigenvalue weighted by Gasteiger charge is 2.04. The largest absolute Gasteiger partial charge is 0.497 e. The fraction of sp³-hybridized carbons (Fsp3) is 0.278. The Balaban J connectivity index is 2.03. The lowest BCUT2D eigenvalue weighted by Gasteiger charge is -2.06. The standard InChI is InChI=1S/C18H20N4O2/c1-23-16-8-9-18(24-2)17(12-16)22-21-15-6-4-14(5-7-15)13-20-11-3-10-19/h4-9,12,20H,3,11,13H2,1-2H3. The molecule has 0 saturated heterocycles. The van der Waals surface area contributed by atoms with Gasteiger partial charge >= 0.3 is 0 Å². The first-order chi connectivity index (χ1) is 11.8. The summed E-state index contributed by atoms with van der Waals surface area (Å²) in [6.45, 7) is 1.41. The Bertz CT molecular complexity index is 721. The molecule has 2 rings (SSSR count). The number of rotatable bonds is 8. The second-order valence-corrected chi connectivity index (χ2v) is 4.99. The van der Waals surface area contributed by atoms with E-state index in [2.05, 4.69) is 21.6 Å². The Morgan fingerprint density at radius 2 is 1.83 bits per heavy atom. The molecule has 6 nitrogen and oxygen atoms in total. The van der Waals surface area contributed by atoms with Crippen molar-refractivity contribution in [2.75, 3.05) is 20.8 Å². The third kappa shape index (κ3) is 5.07. The highest BCUT2D eigenvalue weighted by Crippen LogP contribution is 2.32. The van der Waals surface area contributed by atoms with Crippen molar-refractivity contribution in [1.29, 1.82) is 5.26 Å². The number of benzene rings is 2. The van der Waals surface area contributed by atoms with E-state index >= 15 is 0 Å². The van der Waals surface area contributed by atoms with Crippen LogP contribution in [0.25, 0.3) is 0 Å². The van der Waals surface area contributed by atoms with Crippen LogP contribution in [0.2, 0.25) is 0 Å². The zero-order valence-electron chi connectivity index (χ0n) is 13.8. The van der Waals surface area contributed by atoms with Crippen molar-refractivity contribution >= 4 is 11.4 Å². The van der Waals surface area contributed by atoms with Crippen LogP contribution < -0.4 is 14.8 Å². The zero-order valence-corrected chi connectivity index (χ0v) is 13.8. The Kier molecular flexibility index (Phi) is 6.74. The van der Waals surface area contributed by atoms with E-state index in [-0.39, 0.29) is 0 Å². The number of nitrogens with zero attached hydrogens (tertiary/aromatic N) is 3. The predicted octanol–water partition coefficient (Wildman–Crippen LogP) is 4.12. The molecule has 2 aromatic carbocycles. The Labute approximate surface area is 141 Å². The summed E-state index contributed by atoms with van der Waals surface area (Å²) in [5, 5.41) is 20.2. The van der Waals surface area contributed by atoms with Gasteiger partial charge in [-0.2, -0.15) is 10.4 Å². The average Bonchev–Trinajstić information content (AvgIpc) is 2.64. The third-order valence-corrected chi connectivity index (χ3v) is 3.34. The van der Waals surface area contributed by atoms with Gasteiger partial charge in [0, 0.05) is 25.6 Å². The number of azo groups is 1. The predicted molar refractivity (Wildman–Crippen MR) is 92.1 cm³/mol. The highest BCUT2D eigenvalue weighted by atomic mass is 16.5. The summed E-state index contributed by atoms with van der Waals surface area (Å²) in [6, 6.07) is 15.2. The van der Waals surface area contributed by atoms with Crippen molar-refractivity contribution in [2.24, 2.45) is 10.2 Å². The summed E-state index contributed by atoms with van der Waals surface area (Å²) in [7, 11) is 3.20. The monoisotopic (exact) mass is 324 g/mol. The van der Waals surface area contributed by atoms with Crippen molar-refractivity contribution in [3.05, 3.63) is 48.0 Å². The molecule has 0 aliphatic carbocycles. The summed E-state index contributed by atoms with van der Waals surface area (Å²) >= 11 is 0. The molecule has 0 aliphatic rings. The minimum atomic E-state index is 0.509. The molecular weight excluding hydrogens is 304 g/mol. The maximum absolute atomic E-state index is 8.49. The van der Waals surface area contributed by atoms with Crippen molar-refractivity contribution in [2.45, 2.75) is 13.0 Å². The summed E-state index contributed by atoms with van der Waals surface area (Å²) in [4.78, 5) is 0. The lowest BCUT2D eigenvalue weighted by Crippen LogP contribution is -2.13. The molecule has 1 N–H and O–H groups in total. The minimum Gasteiger partial charge on any atom is -0.497 e. The van der Waals surface area contributed by atoms with Crippen molar-refractivity contribution < 1.29 is 9.47 Å². The molecule has 0 bridgehead atoms. The van der Waals surface area contributed by atoms with E-state index in [0.29, 0.717) is 30.2 Å². The van der Waals surface area contributed by atoms with Gasteiger partial charge in [0.05, 0.1) is 26.0 Å². The number of nitrogens with one attached hydrogen (secondary N) is 1. The quantitative estimate of drug-likeness (QED) is 0.585. The Morgan fingerprint density at radius 3 is 2.50 bits per heavy atom. The smallest absolute Gasteiger partial charge is 0.146 e. The molecule has 0 aromatic heterocycles. The van der Waals surface area contributed by atoms with Crippen LogP contribution in [0.1, 0.15) is 12.0 Å². The summed E-state index contributed by atoms with van der Waals surface area (Å²) in [5.74, 6) is 1.33. The number of ether oxygens (including phenoxy) is 2. The summed E-state index contributed by atoms with van der Waals surface area (Å²) in [6.07, 6.45) is 0.509. The molecule has 0 heterocycles. The van der Waals surface area contributed by atoms with E-state index in [9.17, 15) is 0 Å². The molecule has 124 valence electrons. The van der Waals surface area contributed by atoms with Gasteiger partial charge in [-0.3, -0.25) is 0 Å². The molecule has 0 spiro atoms. The van der Waals surface area contributed by atoms with Crippen molar-refractivity contribution in [3.8, 4) is 17.6 Å². The fourth-order valence-electron chi connectivity index (χ4n) is 2.04. The van der Waals surface area contributed by atoms with Crippen LogP contribution in [0.15, 0.2) is 52.7 Å². The SMILES string of the molecule is COc1ccc(OC)c(N=Nc2ccc(CNCCC#N)cc2)c1. The van der Waals surface area contributed by atoms with Gasteiger partial charge in [0.25, 0.3) is 0 Å². The van der Waals surface area contributed by atoms with Gasteiger partial charge in [0.15, 0.2) is 0 Å². The van der Waals surface area contributed by atoms with Gasteiger partial charge in [-0.15, -0.1) is 5.11 Å².